The zero-order valence-corrected chi connectivity index (χ0v) is 15.8. The van der Waals surface area contributed by atoms with Crippen LogP contribution in [0.3, 0.4) is 0 Å². The summed E-state index contributed by atoms with van der Waals surface area (Å²) < 4.78 is 5.15. The Labute approximate surface area is 171 Å². The molecule has 0 saturated carbocycles. The molecule has 146 valence electrons. The number of rotatable bonds is 4. The van der Waals surface area contributed by atoms with E-state index < -0.39 is 5.76 Å². The van der Waals surface area contributed by atoms with Gasteiger partial charge in [0.25, 0.3) is 5.91 Å². The molecular formula is C23H16N4O3. The number of oxazole rings is 1. The monoisotopic (exact) mass is 396 g/mol. The minimum absolute atomic E-state index is 0.0531. The number of nitrogens with one attached hydrogen (secondary N) is 1. The van der Waals surface area contributed by atoms with Crippen LogP contribution >= 0.6 is 0 Å². The summed E-state index contributed by atoms with van der Waals surface area (Å²) in [6.45, 7) is 0.362. The van der Waals surface area contributed by atoms with Gasteiger partial charge in [-0.2, -0.15) is 5.26 Å². The van der Waals surface area contributed by atoms with Crippen molar-refractivity contribution in [2.24, 2.45) is 0 Å². The second-order valence-electron chi connectivity index (χ2n) is 7.21. The van der Waals surface area contributed by atoms with E-state index in [2.05, 4.69) is 16.0 Å². The van der Waals surface area contributed by atoms with Gasteiger partial charge in [-0.15, -0.1) is 0 Å². The fourth-order valence-corrected chi connectivity index (χ4v) is 3.99. The number of H-pyrrole nitrogens is 1. The molecule has 1 atom stereocenters. The van der Waals surface area contributed by atoms with Gasteiger partial charge < -0.3 is 9.32 Å². The maximum absolute atomic E-state index is 13.2. The second-order valence-corrected chi connectivity index (χ2v) is 7.21. The molecule has 0 bridgehead atoms. The van der Waals surface area contributed by atoms with Crippen molar-refractivity contribution in [2.45, 2.75) is 19.0 Å². The summed E-state index contributed by atoms with van der Waals surface area (Å²) in [5, 5.41) is 9.15. The van der Waals surface area contributed by atoms with E-state index in [1.807, 2.05) is 36.4 Å². The normalized spacial score (nSPS) is 15.4. The third-order valence-corrected chi connectivity index (χ3v) is 5.35. The Kier molecular flexibility index (Phi) is 4.18. The number of nitrogens with zero attached hydrogens (tertiary/aromatic N) is 3. The molecule has 1 N–H and O–H groups in total. The predicted octanol–water partition coefficient (Wildman–Crippen LogP) is 3.33. The average molecular weight is 396 g/mol. The summed E-state index contributed by atoms with van der Waals surface area (Å²) in [7, 11) is 0. The molecule has 30 heavy (non-hydrogen) atoms. The molecule has 3 heterocycles. The fraction of sp³-hybridized carbons (Fsp3) is 0.130. The van der Waals surface area contributed by atoms with Crippen LogP contribution in [0.1, 0.15) is 38.9 Å². The summed E-state index contributed by atoms with van der Waals surface area (Å²) in [5.74, 6) is -0.559. The van der Waals surface area contributed by atoms with Crippen LogP contribution in [0.2, 0.25) is 0 Å². The van der Waals surface area contributed by atoms with E-state index in [0.29, 0.717) is 35.3 Å². The lowest BCUT2D eigenvalue weighted by atomic mass is 10.00. The third kappa shape index (κ3) is 3.05. The van der Waals surface area contributed by atoms with Crippen molar-refractivity contribution in [3.8, 4) is 6.07 Å². The number of nitriles is 1. The van der Waals surface area contributed by atoms with Gasteiger partial charge in [0.2, 0.25) is 0 Å². The Morgan fingerprint density at radius 1 is 1.10 bits per heavy atom. The molecule has 4 aromatic rings. The first-order valence-electron chi connectivity index (χ1n) is 9.50. The minimum Gasteiger partial charge on any atom is -0.408 e. The molecule has 0 saturated heterocycles. The van der Waals surface area contributed by atoms with Crippen LogP contribution in [0.5, 0.6) is 0 Å². The number of fused-ring (bicyclic) bond motifs is 2. The lowest BCUT2D eigenvalue weighted by molar-refractivity contribution is 0.0708. The number of benzene rings is 2. The first-order valence-corrected chi connectivity index (χ1v) is 9.50. The molecule has 2 aromatic carbocycles. The van der Waals surface area contributed by atoms with E-state index in [1.54, 1.807) is 29.2 Å². The number of hydrogen-bond donors (Lipinski definition) is 1. The summed E-state index contributed by atoms with van der Waals surface area (Å²) in [6.07, 6.45) is 0.500. The Morgan fingerprint density at radius 3 is 2.83 bits per heavy atom. The summed E-state index contributed by atoms with van der Waals surface area (Å²) in [4.78, 5) is 33.4. The van der Waals surface area contributed by atoms with E-state index in [1.165, 1.54) is 0 Å². The van der Waals surface area contributed by atoms with Crippen molar-refractivity contribution in [3.63, 3.8) is 0 Å². The number of amides is 1. The van der Waals surface area contributed by atoms with Crippen molar-refractivity contribution < 1.29 is 9.21 Å². The topological polar surface area (TPSA) is 103 Å². The molecule has 0 fully saturated rings. The van der Waals surface area contributed by atoms with Crippen LogP contribution in [0, 0.1) is 11.3 Å². The molecule has 1 unspecified atom stereocenters. The van der Waals surface area contributed by atoms with Gasteiger partial charge in [-0.1, -0.05) is 30.3 Å². The predicted molar refractivity (Wildman–Crippen MR) is 109 cm³/mol. The molecule has 0 aliphatic carbocycles. The van der Waals surface area contributed by atoms with E-state index in [4.69, 9.17) is 9.68 Å². The first kappa shape index (κ1) is 17.9. The Hall–Kier alpha value is -4.18. The number of carbonyl (C=O) groups is 1. The number of pyridine rings is 1. The van der Waals surface area contributed by atoms with Crippen LogP contribution < -0.4 is 5.76 Å². The fourth-order valence-electron chi connectivity index (χ4n) is 3.99. The molecule has 0 radical (unpaired) electrons. The van der Waals surface area contributed by atoms with Crippen molar-refractivity contribution in [2.75, 3.05) is 0 Å². The number of aromatic amines is 1. The lowest BCUT2D eigenvalue weighted by Crippen LogP contribution is -2.29. The maximum Gasteiger partial charge on any atom is 0.417 e. The van der Waals surface area contributed by atoms with Crippen LogP contribution in [0.4, 0.5) is 0 Å². The van der Waals surface area contributed by atoms with Gasteiger partial charge in [-0.3, -0.25) is 9.78 Å². The highest BCUT2D eigenvalue weighted by Crippen LogP contribution is 2.37. The van der Waals surface area contributed by atoms with E-state index >= 15 is 0 Å². The number of aromatic nitrogens is 2. The molecule has 7 nitrogen and oxygen atoms in total. The highest BCUT2D eigenvalue weighted by atomic mass is 16.4. The Morgan fingerprint density at radius 2 is 1.97 bits per heavy atom. The van der Waals surface area contributed by atoms with Crippen LogP contribution in [0.15, 0.2) is 69.9 Å². The average Bonchev–Trinajstić information content (AvgIpc) is 3.26. The standard InChI is InChI=1S/C23H16N4O3/c24-12-16-5-3-4-15(25-16)11-20-17-6-1-2-7-18(17)22(28)27(20)13-14-8-9-19-21(10-14)30-23(29)26-19/h1-10,20H,11,13H2,(H,26,29). The molecule has 0 spiro atoms. The summed E-state index contributed by atoms with van der Waals surface area (Å²) in [6, 6.07) is 20.2. The van der Waals surface area contributed by atoms with Crippen molar-refractivity contribution in [1.82, 2.24) is 14.9 Å². The van der Waals surface area contributed by atoms with Crippen molar-refractivity contribution in [1.29, 1.82) is 5.26 Å². The lowest BCUT2D eigenvalue weighted by Gasteiger charge is -2.25. The molecule has 1 aliphatic heterocycles. The Bertz CT molecular complexity index is 1380. The smallest absolute Gasteiger partial charge is 0.408 e. The van der Waals surface area contributed by atoms with Gasteiger partial charge >= 0.3 is 5.76 Å². The largest absolute Gasteiger partial charge is 0.417 e. The van der Waals surface area contributed by atoms with E-state index in [9.17, 15) is 9.59 Å². The van der Waals surface area contributed by atoms with Crippen LogP contribution in [-0.2, 0) is 13.0 Å². The highest BCUT2D eigenvalue weighted by Gasteiger charge is 2.36. The van der Waals surface area contributed by atoms with Gasteiger partial charge in [0.05, 0.1) is 11.6 Å². The quantitative estimate of drug-likeness (QED) is 0.570. The zero-order valence-electron chi connectivity index (χ0n) is 15.8. The SMILES string of the molecule is N#Cc1cccc(CC2c3ccccc3C(=O)N2Cc2ccc3[nH]c(=O)oc3c2)n1. The molecule has 5 rings (SSSR count). The van der Waals surface area contributed by atoms with E-state index in [-0.39, 0.29) is 11.9 Å². The minimum atomic E-state index is -0.506. The first-order chi connectivity index (χ1) is 14.6. The molecular weight excluding hydrogens is 380 g/mol. The summed E-state index contributed by atoms with van der Waals surface area (Å²) >= 11 is 0. The number of carbonyl (C=O) groups excluding carboxylic acids is 1. The van der Waals surface area contributed by atoms with Crippen LogP contribution in [0.25, 0.3) is 11.1 Å². The van der Waals surface area contributed by atoms with Crippen LogP contribution in [-0.4, -0.2) is 20.8 Å². The van der Waals surface area contributed by atoms with Gasteiger partial charge in [0, 0.05) is 24.2 Å². The second kappa shape index (κ2) is 7.01. The molecule has 1 amide bonds. The highest BCUT2D eigenvalue weighted by molar-refractivity contribution is 5.99. The van der Waals surface area contributed by atoms with Gasteiger partial charge in [0.15, 0.2) is 5.58 Å². The maximum atomic E-state index is 13.2. The van der Waals surface area contributed by atoms with Crippen molar-refractivity contribution >= 4 is 17.0 Å². The van der Waals surface area contributed by atoms with Gasteiger partial charge in [-0.25, -0.2) is 9.78 Å². The van der Waals surface area contributed by atoms with E-state index in [0.717, 1.165) is 16.8 Å². The third-order valence-electron chi connectivity index (χ3n) is 5.35. The molecule has 7 heteroatoms. The molecule has 2 aromatic heterocycles. The van der Waals surface area contributed by atoms with Gasteiger partial charge in [-0.05, 0) is 41.5 Å². The summed E-state index contributed by atoms with van der Waals surface area (Å²) in [5.41, 5.74) is 4.66. The Balaban J connectivity index is 1.51. The zero-order chi connectivity index (χ0) is 20.7. The number of hydrogen-bond acceptors (Lipinski definition) is 5. The van der Waals surface area contributed by atoms with Crippen molar-refractivity contribution in [3.05, 3.63) is 99.3 Å². The molecule has 1 aliphatic rings. The van der Waals surface area contributed by atoms with Gasteiger partial charge in [0.1, 0.15) is 11.8 Å².